The van der Waals surface area contributed by atoms with Gasteiger partial charge >= 0.3 is 0 Å². The van der Waals surface area contributed by atoms with Crippen LogP contribution in [-0.2, 0) is 19.7 Å². The molecule has 0 fully saturated rings. The third-order valence-corrected chi connectivity index (χ3v) is 3.26. The smallest absolute Gasteiger partial charge is 0.0905 e. The third-order valence-electron chi connectivity index (χ3n) is 3.26. The van der Waals surface area contributed by atoms with E-state index in [0.717, 1.165) is 12.1 Å². The Morgan fingerprint density at radius 3 is 2.33 bits per heavy atom. The van der Waals surface area contributed by atoms with E-state index in [0.29, 0.717) is 33.0 Å². The minimum atomic E-state index is -0.567. The molecule has 0 saturated heterocycles. The number of methoxy groups -OCH3 is 1. The molecule has 0 bridgehead atoms. The summed E-state index contributed by atoms with van der Waals surface area (Å²) < 4.78 is 15.9. The standard InChI is InChI=1S/C16H27NO4/c1-3-17-16(13-18,15-7-5-4-6-8-15)14-21-12-11-20-10-9-19-2/h4-8,17-18H,3,9-14H2,1-2H3. The second kappa shape index (κ2) is 10.7. The highest BCUT2D eigenvalue weighted by Gasteiger charge is 2.30. The zero-order valence-electron chi connectivity index (χ0n) is 13.0. The Labute approximate surface area is 127 Å². The number of aliphatic hydroxyl groups is 1. The Kier molecular flexibility index (Phi) is 9.21. The van der Waals surface area contributed by atoms with Crippen molar-refractivity contribution in [2.75, 3.05) is 53.3 Å². The van der Waals surface area contributed by atoms with Crippen LogP contribution in [0.1, 0.15) is 12.5 Å². The van der Waals surface area contributed by atoms with Gasteiger partial charge in [0.2, 0.25) is 0 Å². The first-order valence-corrected chi connectivity index (χ1v) is 7.35. The topological polar surface area (TPSA) is 60.0 Å². The molecule has 1 aromatic rings. The molecular formula is C16H27NO4. The fourth-order valence-electron chi connectivity index (χ4n) is 2.13. The highest BCUT2D eigenvalue weighted by atomic mass is 16.5. The van der Waals surface area contributed by atoms with Crippen LogP contribution in [0.5, 0.6) is 0 Å². The molecule has 1 unspecified atom stereocenters. The van der Waals surface area contributed by atoms with Crippen LogP contribution in [0.15, 0.2) is 30.3 Å². The van der Waals surface area contributed by atoms with Gasteiger partial charge in [-0.3, -0.25) is 0 Å². The molecule has 1 rings (SSSR count). The second-order valence-electron chi connectivity index (χ2n) is 4.79. The largest absolute Gasteiger partial charge is 0.394 e. The quantitative estimate of drug-likeness (QED) is 0.567. The van der Waals surface area contributed by atoms with E-state index in [-0.39, 0.29) is 6.61 Å². The maximum absolute atomic E-state index is 9.84. The molecule has 0 aromatic heterocycles. The van der Waals surface area contributed by atoms with Gasteiger partial charge in [-0.15, -0.1) is 0 Å². The Morgan fingerprint density at radius 1 is 1.05 bits per heavy atom. The fourth-order valence-corrected chi connectivity index (χ4v) is 2.13. The van der Waals surface area contributed by atoms with Gasteiger partial charge in [0.05, 0.1) is 45.2 Å². The Balaban J connectivity index is 2.47. The average molecular weight is 297 g/mol. The number of ether oxygens (including phenoxy) is 3. The van der Waals surface area contributed by atoms with Gasteiger partial charge in [0.1, 0.15) is 0 Å². The number of nitrogens with one attached hydrogen (secondary N) is 1. The molecule has 0 aliphatic carbocycles. The number of benzene rings is 1. The average Bonchev–Trinajstić information content (AvgIpc) is 2.54. The first-order valence-electron chi connectivity index (χ1n) is 7.35. The van der Waals surface area contributed by atoms with E-state index in [4.69, 9.17) is 14.2 Å². The number of hydrogen-bond acceptors (Lipinski definition) is 5. The van der Waals surface area contributed by atoms with Gasteiger partial charge in [-0.1, -0.05) is 37.3 Å². The number of likely N-dealkylation sites (N-methyl/N-ethyl adjacent to an activating group) is 1. The highest BCUT2D eigenvalue weighted by Crippen LogP contribution is 2.21. The van der Waals surface area contributed by atoms with E-state index in [2.05, 4.69) is 5.32 Å². The van der Waals surface area contributed by atoms with Gasteiger partial charge in [-0.05, 0) is 12.1 Å². The normalized spacial score (nSPS) is 14.0. The van der Waals surface area contributed by atoms with Gasteiger partial charge in [0.25, 0.3) is 0 Å². The lowest BCUT2D eigenvalue weighted by Gasteiger charge is -2.33. The number of rotatable bonds is 12. The van der Waals surface area contributed by atoms with Gasteiger partial charge in [-0.25, -0.2) is 0 Å². The zero-order valence-corrected chi connectivity index (χ0v) is 13.0. The van der Waals surface area contributed by atoms with E-state index < -0.39 is 5.54 Å². The van der Waals surface area contributed by atoms with Crippen LogP contribution in [0, 0.1) is 0 Å². The van der Waals surface area contributed by atoms with E-state index in [1.54, 1.807) is 7.11 Å². The van der Waals surface area contributed by atoms with Crippen LogP contribution in [-0.4, -0.2) is 58.4 Å². The van der Waals surface area contributed by atoms with E-state index in [1.807, 2.05) is 37.3 Å². The van der Waals surface area contributed by atoms with E-state index in [9.17, 15) is 5.11 Å². The molecule has 0 heterocycles. The number of hydrogen-bond donors (Lipinski definition) is 2. The Bertz CT molecular complexity index is 361. The molecule has 0 amide bonds. The molecule has 0 aliphatic heterocycles. The van der Waals surface area contributed by atoms with Crippen molar-refractivity contribution >= 4 is 0 Å². The van der Waals surface area contributed by atoms with Crippen LogP contribution in [0.25, 0.3) is 0 Å². The summed E-state index contributed by atoms with van der Waals surface area (Å²) in [5.41, 5.74) is 0.456. The lowest BCUT2D eigenvalue weighted by molar-refractivity contribution is -0.00687. The molecule has 0 aliphatic rings. The van der Waals surface area contributed by atoms with Gasteiger partial charge in [-0.2, -0.15) is 0 Å². The molecule has 5 heteroatoms. The minimum Gasteiger partial charge on any atom is -0.394 e. The van der Waals surface area contributed by atoms with E-state index in [1.165, 1.54) is 0 Å². The van der Waals surface area contributed by atoms with Crippen LogP contribution in [0.3, 0.4) is 0 Å². The van der Waals surface area contributed by atoms with Crippen LogP contribution in [0.4, 0.5) is 0 Å². The molecule has 21 heavy (non-hydrogen) atoms. The summed E-state index contributed by atoms with van der Waals surface area (Å²) in [6.07, 6.45) is 0. The second-order valence-corrected chi connectivity index (χ2v) is 4.79. The minimum absolute atomic E-state index is 0.0185. The molecule has 1 aromatic carbocycles. The molecule has 5 nitrogen and oxygen atoms in total. The zero-order chi connectivity index (χ0) is 15.4. The number of aliphatic hydroxyl groups excluding tert-OH is 1. The summed E-state index contributed by atoms with van der Waals surface area (Å²) >= 11 is 0. The summed E-state index contributed by atoms with van der Waals surface area (Å²) in [6, 6.07) is 9.88. The summed E-state index contributed by atoms with van der Waals surface area (Å²) in [7, 11) is 1.64. The molecule has 0 spiro atoms. The van der Waals surface area contributed by atoms with Crippen molar-refractivity contribution in [2.45, 2.75) is 12.5 Å². The molecule has 0 saturated carbocycles. The van der Waals surface area contributed by atoms with Crippen LogP contribution < -0.4 is 5.32 Å². The van der Waals surface area contributed by atoms with Gasteiger partial charge in [0.15, 0.2) is 0 Å². The first kappa shape index (κ1) is 18.1. The Morgan fingerprint density at radius 2 is 1.71 bits per heavy atom. The third kappa shape index (κ3) is 6.11. The van der Waals surface area contributed by atoms with Crippen molar-refractivity contribution in [1.29, 1.82) is 0 Å². The summed E-state index contributed by atoms with van der Waals surface area (Å²) in [5, 5.41) is 13.2. The fraction of sp³-hybridized carbons (Fsp3) is 0.625. The maximum Gasteiger partial charge on any atom is 0.0905 e. The first-order chi connectivity index (χ1) is 10.3. The lowest BCUT2D eigenvalue weighted by atomic mass is 9.91. The molecule has 2 N–H and O–H groups in total. The summed E-state index contributed by atoms with van der Waals surface area (Å²) in [5.74, 6) is 0. The van der Waals surface area contributed by atoms with Crippen molar-refractivity contribution in [1.82, 2.24) is 5.32 Å². The Hall–Kier alpha value is -0.980. The van der Waals surface area contributed by atoms with Crippen molar-refractivity contribution in [3.05, 3.63) is 35.9 Å². The van der Waals surface area contributed by atoms with Crippen molar-refractivity contribution < 1.29 is 19.3 Å². The SMILES string of the molecule is CCNC(CO)(COCCOCCOC)c1ccccc1. The predicted molar refractivity (Wildman–Crippen MR) is 82.4 cm³/mol. The van der Waals surface area contributed by atoms with Crippen molar-refractivity contribution in [3.63, 3.8) is 0 Å². The van der Waals surface area contributed by atoms with Crippen LogP contribution in [0.2, 0.25) is 0 Å². The predicted octanol–water partition coefficient (Wildman–Crippen LogP) is 1.16. The van der Waals surface area contributed by atoms with E-state index >= 15 is 0 Å². The monoisotopic (exact) mass is 297 g/mol. The van der Waals surface area contributed by atoms with Crippen molar-refractivity contribution in [3.8, 4) is 0 Å². The lowest BCUT2D eigenvalue weighted by Crippen LogP contribution is -2.49. The molecular weight excluding hydrogens is 270 g/mol. The van der Waals surface area contributed by atoms with Crippen LogP contribution >= 0.6 is 0 Å². The molecule has 0 radical (unpaired) electrons. The summed E-state index contributed by atoms with van der Waals surface area (Å²) in [6.45, 7) is 5.31. The highest BCUT2D eigenvalue weighted by molar-refractivity contribution is 5.25. The van der Waals surface area contributed by atoms with Crippen molar-refractivity contribution in [2.24, 2.45) is 0 Å². The summed E-state index contributed by atoms with van der Waals surface area (Å²) in [4.78, 5) is 0. The molecule has 1 atom stereocenters. The van der Waals surface area contributed by atoms with Gasteiger partial charge in [0, 0.05) is 7.11 Å². The van der Waals surface area contributed by atoms with Gasteiger partial charge < -0.3 is 24.6 Å². The maximum atomic E-state index is 9.84. The molecule has 120 valence electrons.